The van der Waals surface area contributed by atoms with Gasteiger partial charge in [0.1, 0.15) is 0 Å². The van der Waals surface area contributed by atoms with Crippen molar-refractivity contribution in [2.75, 3.05) is 0 Å². The molecule has 74 valence electrons. The lowest BCUT2D eigenvalue weighted by Gasteiger charge is -2.18. The second-order valence-corrected chi connectivity index (χ2v) is 3.98. The number of hydrogen-bond acceptors (Lipinski definition) is 1. The maximum Gasteiger partial charge on any atom is 0.0552 e. The Kier molecular flexibility index (Phi) is 2.69. The molecule has 1 N–H and O–H groups in total. The first-order valence-corrected chi connectivity index (χ1v) is 5.23. The van der Waals surface area contributed by atoms with Crippen LogP contribution in [-0.4, -0.2) is 11.2 Å². The van der Waals surface area contributed by atoms with Crippen molar-refractivity contribution in [3.8, 4) is 0 Å². The second-order valence-electron chi connectivity index (χ2n) is 3.98. The van der Waals surface area contributed by atoms with Crippen LogP contribution in [0.25, 0.3) is 5.57 Å². The summed E-state index contributed by atoms with van der Waals surface area (Å²) in [6.45, 7) is 1.85. The molecular formula is C13H16O. The Morgan fingerprint density at radius 2 is 2.14 bits per heavy atom. The molecular weight excluding hydrogens is 172 g/mol. The molecule has 1 aliphatic rings. The fraction of sp³-hybridized carbons (Fsp3) is 0.385. The van der Waals surface area contributed by atoms with Crippen LogP contribution in [0.4, 0.5) is 0 Å². The molecule has 0 aromatic heterocycles. The molecule has 1 aromatic rings. The molecule has 1 nitrogen and oxygen atoms in total. The lowest BCUT2D eigenvalue weighted by molar-refractivity contribution is 0.201. The summed E-state index contributed by atoms with van der Waals surface area (Å²) in [4.78, 5) is 0. The van der Waals surface area contributed by atoms with Crippen molar-refractivity contribution in [3.63, 3.8) is 0 Å². The molecule has 0 amide bonds. The molecule has 14 heavy (non-hydrogen) atoms. The molecule has 1 atom stereocenters. The number of allylic oxidation sites excluding steroid dienone is 1. The quantitative estimate of drug-likeness (QED) is 0.756. The van der Waals surface area contributed by atoms with E-state index in [4.69, 9.17) is 0 Å². The van der Waals surface area contributed by atoms with Crippen LogP contribution in [-0.2, 0) is 6.42 Å². The van der Waals surface area contributed by atoms with Crippen LogP contribution in [0.1, 0.15) is 30.9 Å². The number of benzene rings is 1. The minimum absolute atomic E-state index is 0.243. The van der Waals surface area contributed by atoms with E-state index in [0.717, 1.165) is 19.3 Å². The average molecular weight is 188 g/mol. The minimum Gasteiger partial charge on any atom is -0.393 e. The van der Waals surface area contributed by atoms with Crippen LogP contribution >= 0.6 is 0 Å². The first kappa shape index (κ1) is 9.47. The molecule has 0 bridgehead atoms. The number of fused-ring (bicyclic) bond motifs is 1. The molecule has 0 saturated heterocycles. The highest BCUT2D eigenvalue weighted by molar-refractivity contribution is 5.70. The van der Waals surface area contributed by atoms with Crippen molar-refractivity contribution < 1.29 is 5.11 Å². The smallest absolute Gasteiger partial charge is 0.0552 e. The molecule has 0 spiro atoms. The number of rotatable bonds is 2. The van der Waals surface area contributed by atoms with Gasteiger partial charge in [-0.1, -0.05) is 30.3 Å². The normalized spacial score (nSPS) is 17.1. The van der Waals surface area contributed by atoms with Crippen molar-refractivity contribution in [1.29, 1.82) is 0 Å². The van der Waals surface area contributed by atoms with E-state index < -0.39 is 0 Å². The standard InChI is InChI=1S/C13H16O/c1-10(14)9-12-7-4-6-11-5-2-3-8-13(11)12/h2-3,5,7-8,10,14H,4,6,9H2,1H3/t10-/m1/s1. The Bertz CT molecular complexity index is 350. The van der Waals surface area contributed by atoms with Crippen LogP contribution in [0.3, 0.4) is 0 Å². The van der Waals surface area contributed by atoms with Gasteiger partial charge >= 0.3 is 0 Å². The van der Waals surface area contributed by atoms with Gasteiger partial charge in [-0.15, -0.1) is 0 Å². The van der Waals surface area contributed by atoms with E-state index in [9.17, 15) is 5.11 Å². The van der Waals surface area contributed by atoms with Crippen molar-refractivity contribution in [2.45, 2.75) is 32.3 Å². The zero-order chi connectivity index (χ0) is 9.97. The van der Waals surface area contributed by atoms with Gasteiger partial charge in [0.05, 0.1) is 6.10 Å². The molecule has 1 aliphatic carbocycles. The lowest BCUT2D eigenvalue weighted by Crippen LogP contribution is -2.05. The Balaban J connectivity index is 2.31. The van der Waals surface area contributed by atoms with Gasteiger partial charge in [0.25, 0.3) is 0 Å². The van der Waals surface area contributed by atoms with E-state index in [1.807, 2.05) is 6.92 Å². The van der Waals surface area contributed by atoms with E-state index in [0.29, 0.717) is 0 Å². The van der Waals surface area contributed by atoms with E-state index in [1.165, 1.54) is 16.7 Å². The Morgan fingerprint density at radius 1 is 1.36 bits per heavy atom. The molecule has 0 fully saturated rings. The van der Waals surface area contributed by atoms with Gasteiger partial charge < -0.3 is 5.11 Å². The summed E-state index contributed by atoms with van der Waals surface area (Å²) in [7, 11) is 0. The zero-order valence-electron chi connectivity index (χ0n) is 8.53. The van der Waals surface area contributed by atoms with Gasteiger partial charge in [0.2, 0.25) is 0 Å². The van der Waals surface area contributed by atoms with Gasteiger partial charge in [-0.3, -0.25) is 0 Å². The summed E-state index contributed by atoms with van der Waals surface area (Å²) in [6, 6.07) is 8.50. The van der Waals surface area contributed by atoms with E-state index >= 15 is 0 Å². The van der Waals surface area contributed by atoms with Crippen molar-refractivity contribution >= 4 is 5.57 Å². The zero-order valence-corrected chi connectivity index (χ0v) is 8.53. The summed E-state index contributed by atoms with van der Waals surface area (Å²) in [5.41, 5.74) is 4.06. The summed E-state index contributed by atoms with van der Waals surface area (Å²) >= 11 is 0. The van der Waals surface area contributed by atoms with Crippen molar-refractivity contribution in [2.24, 2.45) is 0 Å². The molecule has 0 saturated carbocycles. The summed E-state index contributed by atoms with van der Waals surface area (Å²) in [5, 5.41) is 9.39. The van der Waals surface area contributed by atoms with Crippen LogP contribution in [0, 0.1) is 0 Å². The Labute approximate surface area is 85.1 Å². The first-order chi connectivity index (χ1) is 6.77. The fourth-order valence-corrected chi connectivity index (χ4v) is 2.07. The first-order valence-electron chi connectivity index (χ1n) is 5.23. The highest BCUT2D eigenvalue weighted by Gasteiger charge is 2.12. The lowest BCUT2D eigenvalue weighted by atomic mass is 9.88. The van der Waals surface area contributed by atoms with Gasteiger partial charge in [-0.05, 0) is 42.9 Å². The molecule has 1 heteroatoms. The predicted octanol–water partition coefficient (Wildman–Crippen LogP) is 2.79. The highest BCUT2D eigenvalue weighted by Crippen LogP contribution is 2.29. The van der Waals surface area contributed by atoms with Crippen LogP contribution in [0.2, 0.25) is 0 Å². The SMILES string of the molecule is C[C@@H](O)CC1=CCCc2ccccc21. The van der Waals surface area contributed by atoms with E-state index in [-0.39, 0.29) is 6.10 Å². The molecule has 0 heterocycles. The average Bonchev–Trinajstić information content (AvgIpc) is 2.18. The molecule has 1 aromatic carbocycles. The fourth-order valence-electron chi connectivity index (χ4n) is 2.07. The number of aryl methyl sites for hydroxylation is 1. The largest absolute Gasteiger partial charge is 0.393 e. The topological polar surface area (TPSA) is 20.2 Å². The van der Waals surface area contributed by atoms with Crippen LogP contribution < -0.4 is 0 Å². The highest BCUT2D eigenvalue weighted by atomic mass is 16.3. The van der Waals surface area contributed by atoms with E-state index in [2.05, 4.69) is 30.3 Å². The maximum absolute atomic E-state index is 9.39. The third-order valence-corrected chi connectivity index (χ3v) is 2.68. The van der Waals surface area contributed by atoms with Gasteiger partial charge in [-0.2, -0.15) is 0 Å². The Morgan fingerprint density at radius 3 is 2.93 bits per heavy atom. The maximum atomic E-state index is 9.39. The third kappa shape index (κ3) is 1.88. The molecule has 0 radical (unpaired) electrons. The molecule has 2 rings (SSSR count). The van der Waals surface area contributed by atoms with Gasteiger partial charge in [0.15, 0.2) is 0 Å². The van der Waals surface area contributed by atoms with Crippen molar-refractivity contribution in [3.05, 3.63) is 41.5 Å². The van der Waals surface area contributed by atoms with Crippen molar-refractivity contribution in [1.82, 2.24) is 0 Å². The van der Waals surface area contributed by atoms with Crippen LogP contribution in [0.5, 0.6) is 0 Å². The minimum atomic E-state index is -0.243. The predicted molar refractivity (Wildman–Crippen MR) is 59.0 cm³/mol. The third-order valence-electron chi connectivity index (χ3n) is 2.68. The monoisotopic (exact) mass is 188 g/mol. The molecule has 0 aliphatic heterocycles. The van der Waals surface area contributed by atoms with Gasteiger partial charge in [-0.25, -0.2) is 0 Å². The second kappa shape index (κ2) is 3.97. The summed E-state index contributed by atoms with van der Waals surface area (Å²) < 4.78 is 0. The Hall–Kier alpha value is -1.08. The number of aliphatic hydroxyl groups is 1. The number of aliphatic hydroxyl groups excluding tert-OH is 1. The van der Waals surface area contributed by atoms with Gasteiger partial charge in [0, 0.05) is 0 Å². The van der Waals surface area contributed by atoms with E-state index in [1.54, 1.807) is 0 Å². The number of hydrogen-bond donors (Lipinski definition) is 1. The summed E-state index contributed by atoms with van der Waals surface area (Å²) in [5.74, 6) is 0. The molecule has 0 unspecified atom stereocenters. The summed E-state index contributed by atoms with van der Waals surface area (Å²) in [6.07, 6.45) is 5.04. The van der Waals surface area contributed by atoms with Crippen LogP contribution in [0.15, 0.2) is 30.3 Å².